The van der Waals surface area contributed by atoms with Crippen LogP contribution in [-0.4, -0.2) is 43.0 Å². The molecule has 7 nitrogen and oxygen atoms in total. The summed E-state index contributed by atoms with van der Waals surface area (Å²) in [5, 5.41) is 5.98. The van der Waals surface area contributed by atoms with Gasteiger partial charge in [-0.1, -0.05) is 48.5 Å². The third-order valence-electron chi connectivity index (χ3n) is 6.53. The molecule has 36 heavy (non-hydrogen) atoms. The van der Waals surface area contributed by atoms with Crippen molar-refractivity contribution >= 4 is 23.6 Å². The summed E-state index contributed by atoms with van der Waals surface area (Å²) in [6, 6.07) is 23.0. The lowest BCUT2D eigenvalue weighted by Crippen LogP contribution is -2.44. The van der Waals surface area contributed by atoms with Gasteiger partial charge in [-0.15, -0.1) is 0 Å². The molecule has 184 valence electrons. The van der Waals surface area contributed by atoms with E-state index in [1.54, 1.807) is 31.4 Å². The zero-order valence-corrected chi connectivity index (χ0v) is 20.2. The summed E-state index contributed by atoms with van der Waals surface area (Å²) < 4.78 is 11.2. The first-order valence-corrected chi connectivity index (χ1v) is 12.1. The van der Waals surface area contributed by atoms with Gasteiger partial charge in [0, 0.05) is 36.8 Å². The number of hydrogen-bond donors (Lipinski definition) is 2. The van der Waals surface area contributed by atoms with Crippen LogP contribution in [-0.2, 0) is 11.3 Å². The first kappa shape index (κ1) is 23.6. The normalized spacial score (nSPS) is 17.1. The maximum absolute atomic E-state index is 12.9. The highest BCUT2D eigenvalue weighted by Gasteiger charge is 2.25. The molecule has 7 heteroatoms. The Morgan fingerprint density at radius 3 is 2.61 bits per heavy atom. The monoisotopic (exact) mass is 483 g/mol. The fourth-order valence-corrected chi connectivity index (χ4v) is 4.57. The predicted octanol–water partition coefficient (Wildman–Crippen LogP) is 4.46. The van der Waals surface area contributed by atoms with E-state index in [1.165, 1.54) is 5.56 Å². The van der Waals surface area contributed by atoms with Crippen LogP contribution >= 0.6 is 0 Å². The third-order valence-corrected chi connectivity index (χ3v) is 6.53. The number of fused-ring (bicyclic) bond motifs is 1. The first-order chi connectivity index (χ1) is 17.6. The van der Waals surface area contributed by atoms with Crippen molar-refractivity contribution in [3.05, 3.63) is 95.2 Å². The molecule has 5 rings (SSSR count). The maximum atomic E-state index is 12.9. The van der Waals surface area contributed by atoms with E-state index in [-0.39, 0.29) is 23.6 Å². The molecule has 2 heterocycles. The molecule has 0 aromatic heterocycles. The molecule has 0 aliphatic carbocycles. The van der Waals surface area contributed by atoms with Crippen molar-refractivity contribution in [1.82, 2.24) is 10.2 Å². The SMILES string of the molecule is COc1ccccc1/C=C1\Oc2ccc(C(=O)NC3CCN(Cc4ccccc4)CC3)cc2NC1=O. The molecular formula is C29H29N3O4. The maximum Gasteiger partial charge on any atom is 0.291 e. The van der Waals surface area contributed by atoms with Gasteiger partial charge in [-0.25, -0.2) is 0 Å². The topological polar surface area (TPSA) is 79.9 Å². The molecule has 0 radical (unpaired) electrons. The van der Waals surface area contributed by atoms with Crippen LogP contribution in [0.1, 0.15) is 34.3 Å². The Labute approximate surface area is 210 Å². The fraction of sp³-hybridized carbons (Fsp3) is 0.241. The molecule has 0 spiro atoms. The zero-order chi connectivity index (χ0) is 24.9. The van der Waals surface area contributed by atoms with Crippen LogP contribution in [0.4, 0.5) is 5.69 Å². The Balaban J connectivity index is 1.20. The van der Waals surface area contributed by atoms with Crippen LogP contribution in [0.3, 0.4) is 0 Å². The van der Waals surface area contributed by atoms with Gasteiger partial charge in [-0.3, -0.25) is 14.5 Å². The van der Waals surface area contributed by atoms with Gasteiger partial charge in [0.15, 0.2) is 11.5 Å². The van der Waals surface area contributed by atoms with E-state index in [2.05, 4.69) is 39.8 Å². The molecule has 3 aromatic rings. The van der Waals surface area contributed by atoms with E-state index in [1.807, 2.05) is 30.3 Å². The standard InChI is InChI=1S/C29H29N3O4/c1-35-25-10-6-5-9-21(25)18-27-29(34)31-24-17-22(11-12-26(24)36-27)28(33)30-23-13-15-32(16-14-23)19-20-7-3-2-4-8-20/h2-12,17-18,23H,13-16,19H2,1H3,(H,30,33)(H,31,34)/b27-18-. The smallest absolute Gasteiger partial charge is 0.291 e. The van der Waals surface area contributed by atoms with Gasteiger partial charge in [0.05, 0.1) is 12.8 Å². The quantitative estimate of drug-likeness (QED) is 0.506. The van der Waals surface area contributed by atoms with Crippen LogP contribution in [0.5, 0.6) is 11.5 Å². The zero-order valence-electron chi connectivity index (χ0n) is 20.2. The molecule has 0 bridgehead atoms. The molecule has 1 saturated heterocycles. The van der Waals surface area contributed by atoms with Crippen LogP contribution in [0.15, 0.2) is 78.6 Å². The first-order valence-electron chi connectivity index (χ1n) is 12.1. The number of nitrogens with zero attached hydrogens (tertiary/aromatic N) is 1. The summed E-state index contributed by atoms with van der Waals surface area (Å²) in [7, 11) is 1.58. The highest BCUT2D eigenvalue weighted by molar-refractivity contribution is 6.09. The number of rotatable bonds is 6. The number of benzene rings is 3. The number of likely N-dealkylation sites (tertiary alicyclic amines) is 1. The number of para-hydroxylation sites is 1. The van der Waals surface area contributed by atoms with Gasteiger partial charge >= 0.3 is 0 Å². The van der Waals surface area contributed by atoms with Crippen LogP contribution in [0.25, 0.3) is 6.08 Å². The Kier molecular flexibility index (Phi) is 7.00. The summed E-state index contributed by atoms with van der Waals surface area (Å²) in [6.07, 6.45) is 3.45. The summed E-state index contributed by atoms with van der Waals surface area (Å²) >= 11 is 0. The lowest BCUT2D eigenvalue weighted by atomic mass is 10.0. The number of nitrogens with one attached hydrogen (secondary N) is 2. The van der Waals surface area contributed by atoms with Crippen LogP contribution in [0.2, 0.25) is 0 Å². The second kappa shape index (κ2) is 10.7. The van der Waals surface area contributed by atoms with Crippen LogP contribution in [0, 0.1) is 0 Å². The van der Waals surface area contributed by atoms with Crippen molar-refractivity contribution in [2.75, 3.05) is 25.5 Å². The van der Waals surface area contributed by atoms with Crippen LogP contribution < -0.4 is 20.1 Å². The van der Waals surface area contributed by atoms with Crippen molar-refractivity contribution in [2.45, 2.75) is 25.4 Å². The fourth-order valence-electron chi connectivity index (χ4n) is 4.57. The molecule has 0 saturated carbocycles. The van der Waals surface area contributed by atoms with Crippen molar-refractivity contribution in [2.24, 2.45) is 0 Å². The van der Waals surface area contributed by atoms with Gasteiger partial charge in [0.1, 0.15) is 5.75 Å². The van der Waals surface area contributed by atoms with Gasteiger partial charge < -0.3 is 20.1 Å². The minimum absolute atomic E-state index is 0.127. The number of carbonyl (C=O) groups excluding carboxylic acids is 2. The average molecular weight is 484 g/mol. The van der Waals surface area contributed by atoms with E-state index < -0.39 is 0 Å². The van der Waals surface area contributed by atoms with Gasteiger partial charge in [-0.2, -0.15) is 0 Å². The number of carbonyl (C=O) groups is 2. The van der Waals surface area contributed by atoms with Crippen molar-refractivity contribution < 1.29 is 19.1 Å². The molecule has 0 unspecified atom stereocenters. The third kappa shape index (κ3) is 5.42. The molecular weight excluding hydrogens is 454 g/mol. The summed E-state index contributed by atoms with van der Waals surface area (Å²) in [4.78, 5) is 28.0. The van der Waals surface area contributed by atoms with Gasteiger partial charge in [0.25, 0.3) is 11.8 Å². The van der Waals surface area contributed by atoms with Crippen molar-refractivity contribution in [3.63, 3.8) is 0 Å². The Hall–Kier alpha value is -4.10. The summed E-state index contributed by atoms with van der Waals surface area (Å²) in [5.41, 5.74) is 3.00. The van der Waals surface area contributed by atoms with Crippen molar-refractivity contribution in [1.29, 1.82) is 0 Å². The minimum Gasteiger partial charge on any atom is -0.496 e. The number of amides is 2. The molecule has 1 fully saturated rings. The molecule has 2 amide bonds. The van der Waals surface area contributed by atoms with Crippen molar-refractivity contribution in [3.8, 4) is 11.5 Å². The predicted molar refractivity (Wildman–Crippen MR) is 139 cm³/mol. The van der Waals surface area contributed by atoms with E-state index >= 15 is 0 Å². The highest BCUT2D eigenvalue weighted by Crippen LogP contribution is 2.33. The van der Waals surface area contributed by atoms with E-state index in [4.69, 9.17) is 9.47 Å². The largest absolute Gasteiger partial charge is 0.496 e. The van der Waals surface area contributed by atoms with E-state index in [0.717, 1.165) is 38.0 Å². The average Bonchev–Trinajstić information content (AvgIpc) is 2.91. The highest BCUT2D eigenvalue weighted by atomic mass is 16.5. The lowest BCUT2D eigenvalue weighted by molar-refractivity contribution is -0.115. The molecule has 0 atom stereocenters. The second-order valence-electron chi connectivity index (χ2n) is 9.03. The van der Waals surface area contributed by atoms with Gasteiger partial charge in [0.2, 0.25) is 0 Å². The lowest BCUT2D eigenvalue weighted by Gasteiger charge is -2.32. The number of piperidine rings is 1. The number of anilines is 1. The molecule has 2 N–H and O–H groups in total. The van der Waals surface area contributed by atoms with Gasteiger partial charge in [-0.05, 0) is 48.7 Å². The minimum atomic E-state index is -0.378. The summed E-state index contributed by atoms with van der Waals surface area (Å²) in [5.74, 6) is 0.763. The molecule has 3 aromatic carbocycles. The van der Waals surface area contributed by atoms with E-state index in [0.29, 0.717) is 22.7 Å². The Bertz CT molecular complexity index is 1280. The number of methoxy groups -OCH3 is 1. The molecule has 2 aliphatic heterocycles. The number of hydrogen-bond acceptors (Lipinski definition) is 5. The number of ether oxygens (including phenoxy) is 2. The van der Waals surface area contributed by atoms with E-state index in [9.17, 15) is 9.59 Å². The molecule has 2 aliphatic rings. The Morgan fingerprint density at radius 2 is 1.83 bits per heavy atom. The Morgan fingerprint density at radius 1 is 1.08 bits per heavy atom. The summed E-state index contributed by atoms with van der Waals surface area (Å²) in [6.45, 7) is 2.81. The second-order valence-corrected chi connectivity index (χ2v) is 9.03.